The number of benzene rings is 1. The van der Waals surface area contributed by atoms with Gasteiger partial charge in [0.15, 0.2) is 0 Å². The maximum Gasteiger partial charge on any atom is 0.218 e. The molecule has 2 rings (SSSR count). The van der Waals surface area contributed by atoms with Crippen LogP contribution in [0.2, 0.25) is 0 Å². The van der Waals surface area contributed by atoms with Gasteiger partial charge in [-0.3, -0.25) is 9.48 Å². The highest BCUT2D eigenvalue weighted by molar-refractivity contribution is 9.10. The molecule has 0 radical (unpaired) electrons. The van der Waals surface area contributed by atoms with Crippen LogP contribution >= 0.6 is 15.9 Å². The summed E-state index contributed by atoms with van der Waals surface area (Å²) in [6.45, 7) is 0.781. The number of hydrogen-bond acceptors (Lipinski definition) is 4. The molecule has 0 unspecified atom stereocenters. The van der Waals surface area contributed by atoms with Crippen molar-refractivity contribution in [2.75, 3.05) is 20.8 Å². The Balaban J connectivity index is 2.48. The smallest absolute Gasteiger partial charge is 0.218 e. The Hall–Kier alpha value is -1.73. The molecule has 2 aromatic rings. The molecule has 0 aliphatic rings. The molecule has 1 heterocycles. The minimum absolute atomic E-state index is 0.111. The van der Waals surface area contributed by atoms with E-state index in [-0.39, 0.29) is 17.0 Å². The fourth-order valence-electron chi connectivity index (χ4n) is 1.95. The topological polar surface area (TPSA) is 53.4 Å². The van der Waals surface area contributed by atoms with E-state index < -0.39 is 11.6 Å². The van der Waals surface area contributed by atoms with Gasteiger partial charge in [-0.2, -0.15) is 5.10 Å². The summed E-state index contributed by atoms with van der Waals surface area (Å²) in [5.41, 5.74) is 0.148. The molecule has 0 aliphatic heterocycles. The summed E-state index contributed by atoms with van der Waals surface area (Å²) in [5.74, 6) is -0.942. The monoisotopic (exact) mass is 356 g/mol. The molecule has 0 saturated carbocycles. The van der Waals surface area contributed by atoms with E-state index >= 15 is 0 Å². The van der Waals surface area contributed by atoms with Crippen molar-refractivity contribution in [2.45, 2.75) is 6.54 Å². The first-order valence-corrected chi connectivity index (χ1v) is 6.97. The lowest BCUT2D eigenvalue weighted by Gasteiger charge is -2.10. The molecule has 21 heavy (non-hydrogen) atoms. The lowest BCUT2D eigenvalue weighted by atomic mass is 10.1. The molecule has 7 heteroatoms. The quantitative estimate of drug-likeness (QED) is 0.746. The summed E-state index contributed by atoms with van der Waals surface area (Å²) in [6.07, 6.45) is 1.50. The average Bonchev–Trinajstić information content (AvgIpc) is 2.85. The van der Waals surface area contributed by atoms with Crippen molar-refractivity contribution in [1.29, 1.82) is 0 Å². The van der Waals surface area contributed by atoms with Gasteiger partial charge in [0, 0.05) is 7.11 Å². The molecule has 0 N–H and O–H groups in total. The molecule has 1 aromatic carbocycles. The number of carbonyl (C=O) groups excluding carboxylic acids is 1. The number of halogens is 2. The molecule has 0 atom stereocenters. The Morgan fingerprint density at radius 1 is 1.43 bits per heavy atom. The second-order valence-electron chi connectivity index (χ2n) is 4.20. The number of aromatic nitrogens is 2. The van der Waals surface area contributed by atoms with Gasteiger partial charge in [-0.05, 0) is 28.1 Å². The van der Waals surface area contributed by atoms with Gasteiger partial charge in [0.05, 0.1) is 30.9 Å². The van der Waals surface area contributed by atoms with Gasteiger partial charge < -0.3 is 9.47 Å². The van der Waals surface area contributed by atoms with Crippen LogP contribution in [0.5, 0.6) is 5.75 Å². The van der Waals surface area contributed by atoms with E-state index in [9.17, 15) is 9.18 Å². The third kappa shape index (κ3) is 3.14. The molecular formula is C14H14BrFN2O3. The van der Waals surface area contributed by atoms with Gasteiger partial charge in [-0.25, -0.2) is 4.39 Å². The molecular weight excluding hydrogens is 343 g/mol. The number of hydrogen-bond donors (Lipinski definition) is 0. The Morgan fingerprint density at radius 3 is 2.86 bits per heavy atom. The lowest BCUT2D eigenvalue weighted by molar-refractivity contribution is 0.101. The summed E-state index contributed by atoms with van der Waals surface area (Å²) in [7, 11) is 2.95. The first kappa shape index (κ1) is 15.7. The molecule has 0 saturated heterocycles. The van der Waals surface area contributed by atoms with E-state index in [4.69, 9.17) is 9.47 Å². The van der Waals surface area contributed by atoms with Crippen LogP contribution in [0, 0.1) is 5.82 Å². The van der Waals surface area contributed by atoms with Crippen LogP contribution in [0.1, 0.15) is 16.1 Å². The van der Waals surface area contributed by atoms with Gasteiger partial charge in [0.25, 0.3) is 0 Å². The number of ketones is 1. The average molecular weight is 357 g/mol. The first-order valence-electron chi connectivity index (χ1n) is 6.17. The van der Waals surface area contributed by atoms with Gasteiger partial charge in [0.1, 0.15) is 22.8 Å². The standard InChI is InChI=1S/C14H14BrFN2O3/c1-20-7-6-18-13(9(15)8-17-18)14(19)12-10(16)4-3-5-11(12)21-2/h3-5,8H,6-7H2,1-2H3. The zero-order chi connectivity index (χ0) is 15.4. The number of nitrogens with zero attached hydrogens (tertiary/aromatic N) is 2. The fraction of sp³-hybridized carbons (Fsp3) is 0.286. The fourth-order valence-corrected chi connectivity index (χ4v) is 2.43. The van der Waals surface area contributed by atoms with Crippen LogP contribution in [-0.2, 0) is 11.3 Å². The van der Waals surface area contributed by atoms with Gasteiger partial charge in [0.2, 0.25) is 5.78 Å². The largest absolute Gasteiger partial charge is 0.496 e. The van der Waals surface area contributed by atoms with Crippen molar-refractivity contribution >= 4 is 21.7 Å². The highest BCUT2D eigenvalue weighted by atomic mass is 79.9. The highest BCUT2D eigenvalue weighted by Gasteiger charge is 2.25. The van der Waals surface area contributed by atoms with Crippen LogP contribution in [0.25, 0.3) is 0 Å². The number of carbonyl (C=O) groups is 1. The minimum Gasteiger partial charge on any atom is -0.496 e. The highest BCUT2D eigenvalue weighted by Crippen LogP contribution is 2.27. The lowest BCUT2D eigenvalue weighted by Crippen LogP contribution is -2.16. The zero-order valence-corrected chi connectivity index (χ0v) is 13.2. The van der Waals surface area contributed by atoms with Crippen molar-refractivity contribution in [3.05, 3.63) is 45.9 Å². The Kier molecular flexibility index (Phi) is 5.08. The molecule has 0 aliphatic carbocycles. The second kappa shape index (κ2) is 6.82. The zero-order valence-electron chi connectivity index (χ0n) is 11.6. The van der Waals surface area contributed by atoms with Crippen molar-refractivity contribution in [3.8, 4) is 5.75 Å². The van der Waals surface area contributed by atoms with Crippen LogP contribution in [0.3, 0.4) is 0 Å². The third-order valence-corrected chi connectivity index (χ3v) is 3.52. The predicted molar refractivity (Wildman–Crippen MR) is 78.2 cm³/mol. The minimum atomic E-state index is -0.634. The SMILES string of the molecule is COCCn1ncc(Br)c1C(=O)c1c(F)cccc1OC. The van der Waals surface area contributed by atoms with E-state index in [1.54, 1.807) is 13.2 Å². The van der Waals surface area contributed by atoms with Crippen molar-refractivity contribution < 1.29 is 18.7 Å². The van der Waals surface area contributed by atoms with E-state index in [0.717, 1.165) is 0 Å². The molecule has 0 amide bonds. The summed E-state index contributed by atoms with van der Waals surface area (Å²) in [6, 6.07) is 4.25. The number of ether oxygens (including phenoxy) is 2. The summed E-state index contributed by atoms with van der Waals surface area (Å²) in [5, 5.41) is 4.09. The van der Waals surface area contributed by atoms with Crippen molar-refractivity contribution in [2.24, 2.45) is 0 Å². The maximum atomic E-state index is 14.0. The Morgan fingerprint density at radius 2 is 2.19 bits per heavy atom. The van der Waals surface area contributed by atoms with Crippen molar-refractivity contribution in [1.82, 2.24) is 9.78 Å². The van der Waals surface area contributed by atoms with Gasteiger partial charge in [-0.1, -0.05) is 6.07 Å². The maximum absolute atomic E-state index is 14.0. The normalized spacial score (nSPS) is 10.7. The van der Waals surface area contributed by atoms with Crippen molar-refractivity contribution in [3.63, 3.8) is 0 Å². The summed E-state index contributed by atoms with van der Waals surface area (Å²) < 4.78 is 26.0. The van der Waals surface area contributed by atoms with Crippen LogP contribution in [0.15, 0.2) is 28.9 Å². The molecule has 0 bridgehead atoms. The van der Waals surface area contributed by atoms with Crippen LogP contribution < -0.4 is 4.74 Å². The molecule has 5 nitrogen and oxygen atoms in total. The second-order valence-corrected chi connectivity index (χ2v) is 5.06. The van der Waals surface area contributed by atoms with E-state index in [2.05, 4.69) is 21.0 Å². The van der Waals surface area contributed by atoms with Gasteiger partial charge in [-0.15, -0.1) is 0 Å². The number of methoxy groups -OCH3 is 2. The van der Waals surface area contributed by atoms with E-state index in [0.29, 0.717) is 17.6 Å². The third-order valence-electron chi connectivity index (χ3n) is 2.94. The van der Waals surface area contributed by atoms with Crippen LogP contribution in [0.4, 0.5) is 4.39 Å². The summed E-state index contributed by atoms with van der Waals surface area (Å²) in [4.78, 5) is 12.7. The molecule has 1 aromatic heterocycles. The molecule has 0 spiro atoms. The Bertz CT molecular complexity index is 658. The summed E-state index contributed by atoms with van der Waals surface area (Å²) >= 11 is 3.27. The molecule has 0 fully saturated rings. The number of rotatable bonds is 6. The van der Waals surface area contributed by atoms with Gasteiger partial charge >= 0.3 is 0 Å². The van der Waals surface area contributed by atoms with E-state index in [1.165, 1.54) is 30.1 Å². The molecule has 112 valence electrons. The predicted octanol–water partition coefficient (Wildman–Crippen LogP) is 2.67. The van der Waals surface area contributed by atoms with Crippen LogP contribution in [-0.4, -0.2) is 36.4 Å². The first-order chi connectivity index (χ1) is 10.1. The Labute approximate surface area is 129 Å². The van der Waals surface area contributed by atoms with E-state index in [1.807, 2.05) is 0 Å².